The van der Waals surface area contributed by atoms with Crippen LogP contribution in [0.25, 0.3) is 60.4 Å². The Morgan fingerprint density at radius 1 is 0.611 bits per heavy atom. The first-order valence-corrected chi connectivity index (χ1v) is 18.1. The maximum atomic E-state index is 6.56. The van der Waals surface area contributed by atoms with Crippen LogP contribution in [-0.2, 0) is 0 Å². The summed E-state index contributed by atoms with van der Waals surface area (Å²) in [4.78, 5) is 10.7. The molecule has 1 atom stereocenters. The molecule has 1 unspecified atom stereocenters. The number of para-hydroxylation sites is 2. The van der Waals surface area contributed by atoms with Crippen molar-refractivity contribution in [2.24, 2.45) is 9.98 Å². The minimum absolute atomic E-state index is 0.401. The highest BCUT2D eigenvalue weighted by molar-refractivity contribution is 6.23. The SMILES string of the molecule is C/C=C(\c1c(N)oc2ccccc12)c1cccc2c(C3=NC(c4cccc5oc6ccccc6c45)=NC(c4cccc(-c5ccccc5)c4)N3)cccc12. The van der Waals surface area contributed by atoms with Crippen LogP contribution in [0, 0.1) is 0 Å². The molecular weight excluding hydrogens is 665 g/mol. The number of nitrogens with zero attached hydrogens (tertiary/aromatic N) is 2. The van der Waals surface area contributed by atoms with E-state index in [4.69, 9.17) is 24.6 Å². The molecule has 0 saturated heterocycles. The van der Waals surface area contributed by atoms with Crippen molar-refractivity contribution in [3.63, 3.8) is 0 Å². The van der Waals surface area contributed by atoms with Crippen molar-refractivity contribution < 1.29 is 8.83 Å². The van der Waals surface area contributed by atoms with Crippen molar-refractivity contribution in [1.29, 1.82) is 0 Å². The number of hydrogen-bond donors (Lipinski definition) is 2. The number of fused-ring (bicyclic) bond motifs is 5. The maximum Gasteiger partial charge on any atom is 0.199 e. The number of aliphatic imine (C=N–C) groups is 2. The predicted octanol–water partition coefficient (Wildman–Crippen LogP) is 11.7. The summed E-state index contributed by atoms with van der Waals surface area (Å²) in [6, 6.07) is 54.0. The third-order valence-corrected chi connectivity index (χ3v) is 10.3. The topological polar surface area (TPSA) is 89.0 Å². The van der Waals surface area contributed by atoms with Gasteiger partial charge in [0.05, 0.1) is 5.56 Å². The number of allylic oxidation sites excluding steroid dienone is 1. The van der Waals surface area contributed by atoms with Gasteiger partial charge in [-0.05, 0) is 69.8 Å². The van der Waals surface area contributed by atoms with E-state index in [1.54, 1.807) is 0 Å². The standard InChI is InChI=1S/C48H34N4O2/c1-2-32(44-38-19-7-9-26-41(38)54-45(44)49)33-20-11-22-35-34(33)21-12-23-36(35)47-50-46(31-17-10-16-30(28-31)29-14-4-3-5-15-29)51-48(52-47)39-24-13-27-42-43(39)37-18-6-8-25-40(37)53-42/h2-28,46H,49H2,1H3,(H,50,51,52)/b32-2-. The molecule has 3 heterocycles. The summed E-state index contributed by atoms with van der Waals surface area (Å²) < 4.78 is 12.3. The fourth-order valence-electron chi connectivity index (χ4n) is 7.88. The van der Waals surface area contributed by atoms with Gasteiger partial charge in [0, 0.05) is 27.3 Å². The van der Waals surface area contributed by atoms with E-state index >= 15 is 0 Å². The van der Waals surface area contributed by atoms with Crippen LogP contribution in [0.5, 0.6) is 0 Å². The number of amidine groups is 2. The van der Waals surface area contributed by atoms with E-state index < -0.39 is 6.17 Å². The van der Waals surface area contributed by atoms with Crippen LogP contribution >= 0.6 is 0 Å². The number of benzene rings is 7. The van der Waals surface area contributed by atoms with Gasteiger partial charge in [-0.15, -0.1) is 0 Å². The Bertz CT molecular complexity index is 3000. The summed E-state index contributed by atoms with van der Waals surface area (Å²) in [7, 11) is 0. The minimum atomic E-state index is -0.411. The van der Waals surface area contributed by atoms with E-state index in [-0.39, 0.29) is 0 Å². The molecule has 0 fully saturated rings. The minimum Gasteiger partial charge on any atom is -0.456 e. The number of hydrogen-bond acceptors (Lipinski definition) is 6. The Labute approximate surface area is 311 Å². The van der Waals surface area contributed by atoms with Crippen LogP contribution in [-0.4, -0.2) is 11.7 Å². The first-order valence-electron chi connectivity index (χ1n) is 18.1. The lowest BCUT2D eigenvalue weighted by atomic mass is 9.90. The molecule has 0 radical (unpaired) electrons. The maximum absolute atomic E-state index is 6.56. The monoisotopic (exact) mass is 698 g/mol. The fraction of sp³-hybridized carbons (Fsp3) is 0.0417. The summed E-state index contributed by atoms with van der Waals surface area (Å²) in [6.07, 6.45) is 1.70. The van der Waals surface area contributed by atoms with Gasteiger partial charge in [0.1, 0.15) is 28.8 Å². The molecule has 1 aliphatic rings. The highest BCUT2D eigenvalue weighted by atomic mass is 16.3. The summed E-state index contributed by atoms with van der Waals surface area (Å²) in [5.74, 6) is 1.77. The highest BCUT2D eigenvalue weighted by Gasteiger charge is 2.26. The van der Waals surface area contributed by atoms with E-state index in [2.05, 4.69) is 115 Å². The Balaban J connectivity index is 1.16. The van der Waals surface area contributed by atoms with Gasteiger partial charge in [-0.25, -0.2) is 9.98 Å². The van der Waals surface area contributed by atoms with Gasteiger partial charge in [0.2, 0.25) is 0 Å². The summed E-state index contributed by atoms with van der Waals surface area (Å²) in [5, 5.41) is 8.89. The average Bonchev–Trinajstić information content (AvgIpc) is 3.78. The molecule has 0 bridgehead atoms. The molecule has 9 aromatic rings. The van der Waals surface area contributed by atoms with E-state index in [0.717, 1.165) is 94.0 Å². The Morgan fingerprint density at radius 3 is 2.11 bits per heavy atom. The molecule has 2 aromatic heterocycles. The molecule has 0 saturated carbocycles. The fourth-order valence-corrected chi connectivity index (χ4v) is 7.88. The molecule has 6 heteroatoms. The van der Waals surface area contributed by atoms with Gasteiger partial charge in [-0.2, -0.15) is 0 Å². The second-order valence-electron chi connectivity index (χ2n) is 13.5. The lowest BCUT2D eigenvalue weighted by Crippen LogP contribution is -2.33. The van der Waals surface area contributed by atoms with Gasteiger partial charge < -0.3 is 19.9 Å². The van der Waals surface area contributed by atoms with Gasteiger partial charge in [-0.3, -0.25) is 0 Å². The van der Waals surface area contributed by atoms with Gasteiger partial charge in [0.15, 0.2) is 11.7 Å². The highest BCUT2D eigenvalue weighted by Crippen LogP contribution is 2.40. The summed E-state index contributed by atoms with van der Waals surface area (Å²) in [6.45, 7) is 2.04. The Hall–Kier alpha value is -7.18. The zero-order valence-electron chi connectivity index (χ0n) is 29.5. The molecule has 0 spiro atoms. The van der Waals surface area contributed by atoms with Crippen molar-refractivity contribution in [1.82, 2.24) is 5.32 Å². The summed E-state index contributed by atoms with van der Waals surface area (Å²) in [5.41, 5.74) is 17.1. The van der Waals surface area contributed by atoms with Crippen LogP contribution in [0.4, 0.5) is 5.88 Å². The first kappa shape index (κ1) is 31.5. The quantitative estimate of drug-likeness (QED) is 0.181. The van der Waals surface area contributed by atoms with Crippen molar-refractivity contribution in [2.75, 3.05) is 5.73 Å². The van der Waals surface area contributed by atoms with E-state index in [9.17, 15) is 0 Å². The molecule has 0 aliphatic carbocycles. The lowest BCUT2D eigenvalue weighted by Gasteiger charge is -2.25. The molecule has 10 rings (SSSR count). The van der Waals surface area contributed by atoms with Gasteiger partial charge >= 0.3 is 0 Å². The third kappa shape index (κ3) is 5.19. The Morgan fingerprint density at radius 2 is 1.26 bits per heavy atom. The van der Waals surface area contributed by atoms with Crippen LogP contribution < -0.4 is 11.1 Å². The smallest absolute Gasteiger partial charge is 0.199 e. The van der Waals surface area contributed by atoms with E-state index in [1.165, 1.54) is 0 Å². The normalized spacial score (nSPS) is 14.8. The van der Waals surface area contributed by atoms with Crippen LogP contribution in [0.15, 0.2) is 183 Å². The number of nitrogen functional groups attached to an aromatic ring is 1. The average molecular weight is 699 g/mol. The van der Waals surface area contributed by atoms with Crippen molar-refractivity contribution >= 4 is 66.8 Å². The number of nitrogens with two attached hydrogens (primary N) is 1. The largest absolute Gasteiger partial charge is 0.456 e. The number of nitrogens with one attached hydrogen (secondary N) is 1. The number of furan rings is 2. The zero-order valence-corrected chi connectivity index (χ0v) is 29.5. The van der Waals surface area contributed by atoms with Crippen LogP contribution in [0.2, 0.25) is 0 Å². The molecule has 3 N–H and O–H groups in total. The zero-order chi connectivity index (χ0) is 36.2. The van der Waals surface area contributed by atoms with E-state index in [1.807, 2.05) is 61.5 Å². The van der Waals surface area contributed by atoms with Crippen molar-refractivity contribution in [2.45, 2.75) is 13.1 Å². The second-order valence-corrected chi connectivity index (χ2v) is 13.5. The van der Waals surface area contributed by atoms with E-state index in [0.29, 0.717) is 11.7 Å². The molecule has 0 amide bonds. The van der Waals surface area contributed by atoms with Crippen LogP contribution in [0.1, 0.15) is 40.9 Å². The van der Waals surface area contributed by atoms with Crippen molar-refractivity contribution in [3.05, 3.63) is 192 Å². The number of anilines is 1. The molecule has 54 heavy (non-hydrogen) atoms. The Kier molecular flexibility index (Phi) is 7.47. The van der Waals surface area contributed by atoms with Gasteiger partial charge in [0.25, 0.3) is 0 Å². The lowest BCUT2D eigenvalue weighted by molar-refractivity contribution is 0.636. The van der Waals surface area contributed by atoms with Crippen LogP contribution in [0.3, 0.4) is 0 Å². The molecule has 258 valence electrons. The second kappa shape index (κ2) is 12.8. The first-order chi connectivity index (χ1) is 26.6. The van der Waals surface area contributed by atoms with Crippen molar-refractivity contribution in [3.8, 4) is 11.1 Å². The third-order valence-electron chi connectivity index (χ3n) is 10.3. The summed E-state index contributed by atoms with van der Waals surface area (Å²) >= 11 is 0. The molecule has 1 aliphatic heterocycles. The molecule has 7 aromatic carbocycles. The predicted molar refractivity (Wildman–Crippen MR) is 222 cm³/mol. The molecule has 6 nitrogen and oxygen atoms in total. The molecular formula is C48H34N4O2. The number of rotatable bonds is 6. The van der Waals surface area contributed by atoms with Gasteiger partial charge in [-0.1, -0.05) is 140 Å².